The van der Waals surface area contributed by atoms with Crippen molar-refractivity contribution in [3.63, 3.8) is 0 Å². The number of phenols is 1. The fourth-order valence-electron chi connectivity index (χ4n) is 1.06. The Labute approximate surface area is 83.7 Å². The highest BCUT2D eigenvalue weighted by Crippen LogP contribution is 2.37. The van der Waals surface area contributed by atoms with E-state index in [1.165, 1.54) is 0 Å². The molecular weight excluding hydrogens is 210 g/mol. The zero-order chi connectivity index (χ0) is 11.6. The summed E-state index contributed by atoms with van der Waals surface area (Å²) in [6.45, 7) is 0. The van der Waals surface area contributed by atoms with Crippen LogP contribution in [-0.2, 0) is 10.7 Å². The molecular formula is C9H8F2O4. The summed E-state index contributed by atoms with van der Waals surface area (Å²) in [5, 5.41) is 17.3. The number of aromatic hydroxyl groups is 1. The number of phenolic OH excluding ortho intramolecular Hbond substituents is 1. The third-order valence-corrected chi connectivity index (χ3v) is 1.79. The van der Waals surface area contributed by atoms with Crippen LogP contribution in [0.2, 0.25) is 0 Å². The average molecular weight is 218 g/mol. The Hall–Kier alpha value is -1.85. The van der Waals surface area contributed by atoms with Gasteiger partial charge in [-0.25, -0.2) is 4.79 Å². The maximum atomic E-state index is 13.1. The third kappa shape index (κ3) is 1.98. The van der Waals surface area contributed by atoms with Crippen molar-refractivity contribution in [2.45, 2.75) is 5.92 Å². The summed E-state index contributed by atoms with van der Waals surface area (Å²) in [4.78, 5) is 10.3. The molecule has 0 atom stereocenters. The zero-order valence-electron chi connectivity index (χ0n) is 7.70. The molecule has 1 aromatic carbocycles. The summed E-state index contributed by atoms with van der Waals surface area (Å²) in [6.07, 6.45) is 0. The first kappa shape index (κ1) is 11.2. The summed E-state index contributed by atoms with van der Waals surface area (Å²) in [7, 11) is 1.13. The van der Waals surface area contributed by atoms with E-state index in [9.17, 15) is 13.6 Å². The molecule has 0 bridgehead atoms. The molecule has 0 aliphatic rings. The normalized spacial score (nSPS) is 11.1. The average Bonchev–Trinajstić information content (AvgIpc) is 2.17. The van der Waals surface area contributed by atoms with E-state index in [1.54, 1.807) is 0 Å². The molecule has 0 fully saturated rings. The molecule has 6 heteroatoms. The van der Waals surface area contributed by atoms with E-state index >= 15 is 0 Å². The lowest BCUT2D eigenvalue weighted by atomic mass is 10.1. The van der Waals surface area contributed by atoms with Crippen molar-refractivity contribution in [3.8, 4) is 11.5 Å². The highest BCUT2D eigenvalue weighted by molar-refractivity contribution is 5.78. The lowest BCUT2D eigenvalue weighted by Crippen LogP contribution is -2.25. The first-order valence-corrected chi connectivity index (χ1v) is 3.88. The fourth-order valence-corrected chi connectivity index (χ4v) is 1.06. The Kier molecular flexibility index (Phi) is 2.78. The van der Waals surface area contributed by atoms with Crippen molar-refractivity contribution in [1.29, 1.82) is 0 Å². The van der Waals surface area contributed by atoms with Gasteiger partial charge in [-0.3, -0.25) is 0 Å². The summed E-state index contributed by atoms with van der Waals surface area (Å²) in [6, 6.07) is 2.86. The molecule has 0 saturated carbocycles. The van der Waals surface area contributed by atoms with Crippen LogP contribution in [0.3, 0.4) is 0 Å². The Morgan fingerprint density at radius 2 is 2.07 bits per heavy atom. The van der Waals surface area contributed by atoms with Crippen LogP contribution in [0.4, 0.5) is 8.78 Å². The number of ether oxygens (including phenoxy) is 1. The molecule has 0 aromatic heterocycles. The van der Waals surface area contributed by atoms with Crippen molar-refractivity contribution >= 4 is 5.97 Å². The van der Waals surface area contributed by atoms with Gasteiger partial charge >= 0.3 is 11.9 Å². The predicted octanol–water partition coefficient (Wildman–Crippen LogP) is 1.58. The Morgan fingerprint density at radius 1 is 1.47 bits per heavy atom. The summed E-state index contributed by atoms with van der Waals surface area (Å²) in [5.74, 6) is -7.14. The topological polar surface area (TPSA) is 66.8 Å². The van der Waals surface area contributed by atoms with E-state index in [1.807, 2.05) is 0 Å². The molecule has 0 amide bonds. The Balaban J connectivity index is 3.34. The molecule has 0 unspecified atom stereocenters. The second-order valence-corrected chi connectivity index (χ2v) is 2.76. The molecule has 0 saturated heterocycles. The van der Waals surface area contributed by atoms with Gasteiger partial charge in [-0.2, -0.15) is 8.78 Å². The van der Waals surface area contributed by atoms with Crippen LogP contribution < -0.4 is 4.74 Å². The lowest BCUT2D eigenvalue weighted by Gasteiger charge is -2.15. The van der Waals surface area contributed by atoms with Crippen molar-refractivity contribution in [2.75, 3.05) is 7.11 Å². The number of methoxy groups -OCH3 is 1. The molecule has 1 aromatic rings. The van der Waals surface area contributed by atoms with Gasteiger partial charge in [-0.15, -0.1) is 0 Å². The number of aliphatic carboxylic acids is 1. The maximum Gasteiger partial charge on any atom is 0.379 e. The second-order valence-electron chi connectivity index (χ2n) is 2.76. The molecule has 4 nitrogen and oxygen atoms in total. The number of carbonyl (C=O) groups is 1. The number of hydrogen-bond donors (Lipinski definition) is 2. The SMILES string of the molecule is COc1ccc(O)cc1C(F)(F)C(=O)O. The van der Waals surface area contributed by atoms with Crippen LogP contribution in [-0.4, -0.2) is 23.3 Å². The third-order valence-electron chi connectivity index (χ3n) is 1.79. The lowest BCUT2D eigenvalue weighted by molar-refractivity contribution is -0.166. The van der Waals surface area contributed by atoms with Crippen molar-refractivity contribution < 1.29 is 28.5 Å². The van der Waals surface area contributed by atoms with Crippen molar-refractivity contribution in [1.82, 2.24) is 0 Å². The minimum atomic E-state index is -4.09. The Bertz CT molecular complexity index is 390. The van der Waals surface area contributed by atoms with Crippen LogP contribution in [0.15, 0.2) is 18.2 Å². The molecule has 0 heterocycles. The second kappa shape index (κ2) is 3.72. The number of alkyl halides is 2. The van der Waals surface area contributed by atoms with Gasteiger partial charge in [0.25, 0.3) is 0 Å². The van der Waals surface area contributed by atoms with Crippen LogP contribution in [0, 0.1) is 0 Å². The molecule has 0 aliphatic heterocycles. The van der Waals surface area contributed by atoms with Gasteiger partial charge in [0.15, 0.2) is 0 Å². The number of benzene rings is 1. The van der Waals surface area contributed by atoms with E-state index in [2.05, 4.69) is 4.74 Å². The first-order chi connectivity index (χ1) is 6.89. The summed E-state index contributed by atoms with van der Waals surface area (Å²) < 4.78 is 30.8. The highest BCUT2D eigenvalue weighted by Gasteiger charge is 2.43. The van der Waals surface area contributed by atoms with Gasteiger partial charge < -0.3 is 14.9 Å². The van der Waals surface area contributed by atoms with E-state index in [0.717, 1.165) is 19.2 Å². The molecule has 0 aliphatic carbocycles. The van der Waals surface area contributed by atoms with E-state index in [0.29, 0.717) is 6.07 Å². The van der Waals surface area contributed by atoms with Gasteiger partial charge in [-0.05, 0) is 18.2 Å². The van der Waals surface area contributed by atoms with E-state index < -0.39 is 23.2 Å². The monoisotopic (exact) mass is 218 g/mol. The minimum Gasteiger partial charge on any atom is -0.508 e. The molecule has 0 spiro atoms. The number of carboxylic acid groups (broad SMARTS) is 1. The molecule has 1 rings (SSSR count). The molecule has 0 radical (unpaired) electrons. The van der Waals surface area contributed by atoms with Crippen molar-refractivity contribution in [2.24, 2.45) is 0 Å². The Morgan fingerprint density at radius 3 is 2.53 bits per heavy atom. The standard InChI is InChI=1S/C9H8F2O4/c1-15-7-3-2-5(12)4-6(7)9(10,11)8(13)14/h2-4,12H,1H3,(H,13,14). The zero-order valence-corrected chi connectivity index (χ0v) is 7.70. The van der Waals surface area contributed by atoms with Gasteiger partial charge in [0, 0.05) is 0 Å². The van der Waals surface area contributed by atoms with Crippen LogP contribution in [0.5, 0.6) is 11.5 Å². The predicted molar refractivity (Wildman–Crippen MR) is 46.2 cm³/mol. The quantitative estimate of drug-likeness (QED) is 0.808. The fraction of sp³-hybridized carbons (Fsp3) is 0.222. The minimum absolute atomic E-state index is 0.291. The van der Waals surface area contributed by atoms with Crippen LogP contribution in [0.25, 0.3) is 0 Å². The number of rotatable bonds is 3. The molecule has 2 N–H and O–H groups in total. The van der Waals surface area contributed by atoms with E-state index in [4.69, 9.17) is 10.2 Å². The van der Waals surface area contributed by atoms with Crippen LogP contribution >= 0.6 is 0 Å². The van der Waals surface area contributed by atoms with Gasteiger partial charge in [0.1, 0.15) is 11.5 Å². The molecule has 82 valence electrons. The highest BCUT2D eigenvalue weighted by atomic mass is 19.3. The van der Waals surface area contributed by atoms with Gasteiger partial charge in [0.05, 0.1) is 12.7 Å². The largest absolute Gasteiger partial charge is 0.508 e. The number of halogens is 2. The van der Waals surface area contributed by atoms with Gasteiger partial charge in [0.2, 0.25) is 0 Å². The number of carboxylic acids is 1. The first-order valence-electron chi connectivity index (χ1n) is 3.88. The van der Waals surface area contributed by atoms with Gasteiger partial charge in [-0.1, -0.05) is 0 Å². The van der Waals surface area contributed by atoms with Crippen LogP contribution in [0.1, 0.15) is 5.56 Å². The smallest absolute Gasteiger partial charge is 0.379 e. The van der Waals surface area contributed by atoms with E-state index in [-0.39, 0.29) is 5.75 Å². The molecule has 15 heavy (non-hydrogen) atoms. The summed E-state index contributed by atoms with van der Waals surface area (Å²) >= 11 is 0. The van der Waals surface area contributed by atoms with Crippen molar-refractivity contribution in [3.05, 3.63) is 23.8 Å². The maximum absolute atomic E-state index is 13.1. The number of hydrogen-bond acceptors (Lipinski definition) is 3. The summed E-state index contributed by atoms with van der Waals surface area (Å²) in [5.41, 5.74) is -0.877.